The van der Waals surface area contributed by atoms with Crippen LogP contribution >= 0.6 is 0 Å². The SMILES string of the molecule is COCC[NH2+]CCOC.CS(=O)(=O)[O-]. The average molecular weight is 229 g/mol. The van der Waals surface area contributed by atoms with Crippen molar-refractivity contribution in [1.29, 1.82) is 0 Å². The molecule has 6 nitrogen and oxygen atoms in total. The normalized spacial score (nSPS) is 10.6. The van der Waals surface area contributed by atoms with Crippen LogP contribution in [0.2, 0.25) is 0 Å². The number of quaternary nitrogens is 1. The molecule has 0 atom stereocenters. The molecule has 0 bridgehead atoms. The van der Waals surface area contributed by atoms with Crippen LogP contribution in [0, 0.1) is 0 Å². The van der Waals surface area contributed by atoms with E-state index in [1.165, 1.54) is 0 Å². The number of ether oxygens (including phenoxy) is 2. The van der Waals surface area contributed by atoms with Gasteiger partial charge < -0.3 is 19.3 Å². The first-order valence-corrected chi connectivity index (χ1v) is 5.94. The van der Waals surface area contributed by atoms with Gasteiger partial charge in [0.25, 0.3) is 0 Å². The minimum atomic E-state index is -3.92. The molecule has 0 radical (unpaired) electrons. The Balaban J connectivity index is 0. The lowest BCUT2D eigenvalue weighted by molar-refractivity contribution is -0.657. The highest BCUT2D eigenvalue weighted by molar-refractivity contribution is 7.84. The zero-order valence-electron chi connectivity index (χ0n) is 8.86. The zero-order valence-corrected chi connectivity index (χ0v) is 9.67. The van der Waals surface area contributed by atoms with Crippen LogP contribution in [0.1, 0.15) is 0 Å². The third-order valence-corrected chi connectivity index (χ3v) is 1.05. The van der Waals surface area contributed by atoms with E-state index in [2.05, 4.69) is 5.32 Å². The van der Waals surface area contributed by atoms with Crippen LogP contribution in [0.15, 0.2) is 0 Å². The highest BCUT2D eigenvalue weighted by Crippen LogP contribution is 1.60. The molecule has 0 aromatic carbocycles. The molecule has 2 N–H and O–H groups in total. The maximum absolute atomic E-state index is 9.08. The smallest absolute Gasteiger partial charge is 0.0993 e. The van der Waals surface area contributed by atoms with Crippen molar-refractivity contribution >= 4 is 10.1 Å². The van der Waals surface area contributed by atoms with Crippen molar-refractivity contribution in [3.8, 4) is 0 Å². The first kappa shape index (κ1) is 16.2. The Morgan fingerprint density at radius 3 is 1.64 bits per heavy atom. The molecule has 88 valence electrons. The van der Waals surface area contributed by atoms with E-state index in [0.29, 0.717) is 6.26 Å². The van der Waals surface area contributed by atoms with Gasteiger partial charge in [-0.1, -0.05) is 0 Å². The highest BCUT2D eigenvalue weighted by atomic mass is 32.2. The first-order chi connectivity index (χ1) is 6.41. The summed E-state index contributed by atoms with van der Waals surface area (Å²) in [4.78, 5) is 0. The Hall–Kier alpha value is -0.210. The summed E-state index contributed by atoms with van der Waals surface area (Å²) in [5.74, 6) is 0. The molecule has 7 heteroatoms. The molecule has 14 heavy (non-hydrogen) atoms. The van der Waals surface area contributed by atoms with Gasteiger partial charge in [-0.05, 0) is 0 Å². The lowest BCUT2D eigenvalue weighted by Gasteiger charge is -1.98. The third kappa shape index (κ3) is 40.9. The van der Waals surface area contributed by atoms with Gasteiger partial charge in [-0.3, -0.25) is 0 Å². The van der Waals surface area contributed by atoms with Gasteiger partial charge in [-0.2, -0.15) is 0 Å². The topological polar surface area (TPSA) is 92.3 Å². The monoisotopic (exact) mass is 229 g/mol. The summed E-state index contributed by atoms with van der Waals surface area (Å²) in [5, 5.41) is 2.17. The van der Waals surface area contributed by atoms with Gasteiger partial charge in [0.05, 0.1) is 36.4 Å². The van der Waals surface area contributed by atoms with Gasteiger partial charge in [0.2, 0.25) is 0 Å². The van der Waals surface area contributed by atoms with Crippen molar-refractivity contribution in [3.05, 3.63) is 0 Å². The maximum atomic E-state index is 9.08. The van der Waals surface area contributed by atoms with Crippen LogP contribution in [-0.2, 0) is 19.6 Å². The van der Waals surface area contributed by atoms with Crippen LogP contribution in [0.5, 0.6) is 0 Å². The number of hydrogen-bond donors (Lipinski definition) is 1. The molecule has 0 rings (SSSR count). The molecule has 0 saturated heterocycles. The molecule has 0 unspecified atom stereocenters. The summed E-state index contributed by atoms with van der Waals surface area (Å²) in [7, 11) is -0.492. The molecular formula is C7H19NO5S. The van der Waals surface area contributed by atoms with E-state index in [0.717, 1.165) is 26.3 Å². The van der Waals surface area contributed by atoms with Gasteiger partial charge in [-0.25, -0.2) is 8.42 Å². The molecule has 0 amide bonds. The van der Waals surface area contributed by atoms with Crippen molar-refractivity contribution < 1.29 is 27.8 Å². The lowest BCUT2D eigenvalue weighted by Crippen LogP contribution is -2.86. The zero-order chi connectivity index (χ0) is 11.4. The van der Waals surface area contributed by atoms with Gasteiger partial charge in [0.15, 0.2) is 0 Å². The fraction of sp³-hybridized carbons (Fsp3) is 1.00. The summed E-state index contributed by atoms with van der Waals surface area (Å²) in [6, 6.07) is 0. The second-order valence-electron chi connectivity index (χ2n) is 2.56. The van der Waals surface area contributed by atoms with E-state index in [-0.39, 0.29) is 0 Å². The summed E-state index contributed by atoms with van der Waals surface area (Å²) in [6.45, 7) is 3.70. The lowest BCUT2D eigenvalue weighted by atomic mass is 10.6. The van der Waals surface area contributed by atoms with E-state index >= 15 is 0 Å². The Morgan fingerprint density at radius 1 is 1.14 bits per heavy atom. The van der Waals surface area contributed by atoms with Crippen LogP contribution in [-0.4, -0.2) is 59.7 Å². The predicted molar refractivity (Wildman–Crippen MR) is 51.0 cm³/mol. The van der Waals surface area contributed by atoms with E-state index in [4.69, 9.17) is 22.4 Å². The van der Waals surface area contributed by atoms with Crippen molar-refractivity contribution in [2.75, 3.05) is 46.8 Å². The summed E-state index contributed by atoms with van der Waals surface area (Å²) < 4.78 is 36.9. The number of hydrogen-bond acceptors (Lipinski definition) is 5. The fourth-order valence-electron chi connectivity index (χ4n) is 0.547. The van der Waals surface area contributed by atoms with E-state index in [9.17, 15) is 0 Å². The minimum absolute atomic E-state index is 0.604. The Labute approximate surface area is 85.3 Å². The molecule has 0 saturated carbocycles. The van der Waals surface area contributed by atoms with E-state index in [1.807, 2.05) is 0 Å². The largest absolute Gasteiger partial charge is 0.748 e. The van der Waals surface area contributed by atoms with Crippen LogP contribution in [0.4, 0.5) is 0 Å². The van der Waals surface area contributed by atoms with E-state index in [1.54, 1.807) is 14.2 Å². The predicted octanol–water partition coefficient (Wildman–Crippen LogP) is -2.00. The van der Waals surface area contributed by atoms with Crippen LogP contribution < -0.4 is 5.32 Å². The second-order valence-corrected chi connectivity index (χ2v) is 3.96. The standard InChI is InChI=1S/C6H15NO2.CH4O3S/c1-8-5-3-7-4-6-9-2;1-5(2,3)4/h7H,3-6H2,1-2H3;1H3,(H,2,3,4). The molecule has 0 heterocycles. The number of nitrogens with two attached hydrogens (primary N) is 1. The van der Waals surface area contributed by atoms with Crippen molar-refractivity contribution in [1.82, 2.24) is 0 Å². The molecule has 0 aromatic rings. The third-order valence-electron chi connectivity index (χ3n) is 1.05. The summed E-state index contributed by atoms with van der Waals surface area (Å²) in [6.07, 6.45) is 0.604. The summed E-state index contributed by atoms with van der Waals surface area (Å²) >= 11 is 0. The Bertz CT molecular complexity index is 178. The fourth-order valence-corrected chi connectivity index (χ4v) is 0.547. The molecule has 0 aliphatic heterocycles. The minimum Gasteiger partial charge on any atom is -0.748 e. The number of rotatable bonds is 6. The first-order valence-electron chi connectivity index (χ1n) is 4.12. The van der Waals surface area contributed by atoms with Gasteiger partial charge in [0.1, 0.15) is 0 Å². The molecule has 0 aliphatic rings. The number of methoxy groups -OCH3 is 2. The highest BCUT2D eigenvalue weighted by Gasteiger charge is 1.86. The van der Waals surface area contributed by atoms with Gasteiger partial charge in [-0.15, -0.1) is 0 Å². The van der Waals surface area contributed by atoms with Crippen molar-refractivity contribution in [2.45, 2.75) is 0 Å². The Morgan fingerprint density at radius 2 is 1.43 bits per heavy atom. The van der Waals surface area contributed by atoms with Crippen molar-refractivity contribution in [3.63, 3.8) is 0 Å². The Kier molecular flexibility index (Phi) is 12.6. The van der Waals surface area contributed by atoms with Gasteiger partial charge >= 0.3 is 0 Å². The maximum Gasteiger partial charge on any atom is 0.0993 e. The molecule has 0 spiro atoms. The quantitative estimate of drug-likeness (QED) is 0.420. The van der Waals surface area contributed by atoms with Gasteiger partial charge in [0, 0.05) is 20.5 Å². The van der Waals surface area contributed by atoms with E-state index < -0.39 is 10.1 Å². The average Bonchev–Trinajstić information content (AvgIpc) is 2.01. The van der Waals surface area contributed by atoms with Crippen LogP contribution in [0.3, 0.4) is 0 Å². The molecule has 0 aromatic heterocycles. The molecular weight excluding hydrogens is 210 g/mol. The second kappa shape index (κ2) is 10.9. The van der Waals surface area contributed by atoms with Crippen molar-refractivity contribution in [2.24, 2.45) is 0 Å². The summed E-state index contributed by atoms with van der Waals surface area (Å²) in [5.41, 5.74) is 0. The van der Waals surface area contributed by atoms with Crippen LogP contribution in [0.25, 0.3) is 0 Å². The molecule has 0 fully saturated rings. The molecule has 0 aliphatic carbocycles.